The normalized spacial score (nSPS) is 34.1. The molecule has 0 spiro atoms. The third kappa shape index (κ3) is 7.13. The molecule has 2 aliphatic heterocycles. The van der Waals surface area contributed by atoms with Gasteiger partial charge in [-0.15, -0.1) is 0 Å². The number of aromatic hydroxyl groups is 2. The lowest BCUT2D eigenvalue weighted by Gasteiger charge is -2.44. The van der Waals surface area contributed by atoms with Crippen LogP contribution in [0.1, 0.15) is 22.6 Å². The minimum absolute atomic E-state index is 0.0865. The Morgan fingerprint density at radius 3 is 1.90 bits per heavy atom. The number of rotatable bonds is 12. The molecule has 0 saturated carbocycles. The van der Waals surface area contributed by atoms with Gasteiger partial charge in [0.2, 0.25) is 11.5 Å². The summed E-state index contributed by atoms with van der Waals surface area (Å²) < 4.78 is 44.6. The fourth-order valence-corrected chi connectivity index (χ4v) is 6.93. The van der Waals surface area contributed by atoms with Crippen molar-refractivity contribution in [2.45, 2.75) is 67.6 Å². The van der Waals surface area contributed by atoms with Crippen LogP contribution in [0.4, 0.5) is 0 Å². The van der Waals surface area contributed by atoms with Gasteiger partial charge in [-0.3, -0.25) is 0 Å². The predicted molar refractivity (Wildman–Crippen MR) is 168 cm³/mol. The third-order valence-corrected chi connectivity index (χ3v) is 9.69. The summed E-state index contributed by atoms with van der Waals surface area (Å²) in [5.74, 6) is -1.95. The molecule has 2 heterocycles. The number of methoxy groups -OCH3 is 4. The first-order valence-electron chi connectivity index (χ1n) is 16.0. The summed E-state index contributed by atoms with van der Waals surface area (Å²) in [7, 11) is 5.52. The Hall–Kier alpha value is -3.20. The van der Waals surface area contributed by atoms with E-state index in [4.69, 9.17) is 37.9 Å². The van der Waals surface area contributed by atoms with Crippen LogP contribution in [0.2, 0.25) is 0 Å². The number of phenolic OH excluding ortho intramolecular Hbond substituents is 2. The lowest BCUT2D eigenvalue weighted by atomic mass is 9.66. The molecule has 0 bridgehead atoms. The van der Waals surface area contributed by atoms with Crippen molar-refractivity contribution in [1.29, 1.82) is 0 Å². The zero-order chi connectivity index (χ0) is 36.4. The third-order valence-electron chi connectivity index (χ3n) is 9.69. The molecule has 12 atom stereocenters. The second-order valence-electron chi connectivity index (χ2n) is 12.5. The van der Waals surface area contributed by atoms with Crippen molar-refractivity contribution in [2.75, 3.05) is 54.9 Å². The van der Waals surface area contributed by atoms with E-state index >= 15 is 0 Å². The van der Waals surface area contributed by atoms with Gasteiger partial charge in [0.05, 0.1) is 48.3 Å². The van der Waals surface area contributed by atoms with E-state index in [0.717, 1.165) is 0 Å². The average Bonchev–Trinajstić information content (AvgIpc) is 3.12. The van der Waals surface area contributed by atoms with Crippen molar-refractivity contribution in [1.82, 2.24) is 0 Å². The minimum atomic E-state index is -1.75. The van der Waals surface area contributed by atoms with Gasteiger partial charge in [0.25, 0.3) is 0 Å². The van der Waals surface area contributed by atoms with Crippen molar-refractivity contribution in [3.8, 4) is 34.5 Å². The highest BCUT2D eigenvalue weighted by Gasteiger charge is 2.48. The molecule has 2 aromatic carbocycles. The fourth-order valence-electron chi connectivity index (χ4n) is 6.93. The van der Waals surface area contributed by atoms with Crippen molar-refractivity contribution < 1.29 is 83.9 Å². The predicted octanol–water partition coefficient (Wildman–Crippen LogP) is -1.68. The summed E-state index contributed by atoms with van der Waals surface area (Å²) in [6.07, 6.45) is -13.5. The number of phenols is 2. The maximum absolute atomic E-state index is 11.1. The number of aliphatic hydroxyl groups is 7. The van der Waals surface area contributed by atoms with Crippen molar-refractivity contribution in [2.24, 2.45) is 11.8 Å². The highest BCUT2D eigenvalue weighted by Crippen LogP contribution is 2.54. The summed E-state index contributed by atoms with van der Waals surface area (Å²) in [4.78, 5) is 0. The second-order valence-corrected chi connectivity index (χ2v) is 12.5. The summed E-state index contributed by atoms with van der Waals surface area (Å²) in [6, 6.07) is 4.81. The van der Waals surface area contributed by atoms with E-state index in [9.17, 15) is 46.0 Å². The van der Waals surface area contributed by atoms with Crippen molar-refractivity contribution in [3.05, 3.63) is 34.9 Å². The van der Waals surface area contributed by atoms with E-state index in [-0.39, 0.29) is 60.7 Å². The average molecular weight is 715 g/mol. The summed E-state index contributed by atoms with van der Waals surface area (Å²) in [5.41, 5.74) is 1.75. The van der Waals surface area contributed by atoms with E-state index < -0.39 is 79.7 Å². The molecule has 0 amide bonds. The Balaban J connectivity index is 1.47. The Morgan fingerprint density at radius 1 is 0.700 bits per heavy atom. The van der Waals surface area contributed by atoms with E-state index in [1.165, 1.54) is 28.4 Å². The highest BCUT2D eigenvalue weighted by molar-refractivity contribution is 5.64. The van der Waals surface area contributed by atoms with Crippen LogP contribution >= 0.6 is 0 Å². The molecule has 1 aliphatic carbocycles. The number of fused-ring (bicyclic) bond motifs is 1. The van der Waals surface area contributed by atoms with Gasteiger partial charge >= 0.3 is 0 Å². The minimum Gasteiger partial charge on any atom is -0.502 e. The highest BCUT2D eigenvalue weighted by atomic mass is 16.7. The zero-order valence-electron chi connectivity index (χ0n) is 28.0. The van der Waals surface area contributed by atoms with E-state index in [0.29, 0.717) is 16.7 Å². The molecular formula is C33H46O17. The summed E-state index contributed by atoms with van der Waals surface area (Å²) in [5, 5.41) is 94.6. The molecular weight excluding hydrogens is 668 g/mol. The molecule has 17 heteroatoms. The largest absolute Gasteiger partial charge is 0.502 e. The van der Waals surface area contributed by atoms with Gasteiger partial charge in [0.15, 0.2) is 35.6 Å². The van der Waals surface area contributed by atoms with Crippen LogP contribution in [0.15, 0.2) is 18.2 Å². The first-order chi connectivity index (χ1) is 23.9. The first-order valence-corrected chi connectivity index (χ1v) is 16.0. The molecule has 2 saturated heterocycles. The monoisotopic (exact) mass is 714 g/mol. The standard InChI is InChI=1S/C33H46O17/c1-43-18-7-14(8-19(44-2)25(18)37)22-16(15(9-34)5-13-6-20(45-3)27(39)31(46-4)23(13)22)10-47-33-30(42)28(40)26(38)21(50-33)12-49-32-29(41)24(36)17(35)11-48-32/h6-8,15-17,21-22,24,26,28-30,32-42H,5,9-12H2,1-4H3/t15-,16-,17+,21+,22+,24-,26+,28-,29+,30+,32-,33+/m0/s1. The lowest BCUT2D eigenvalue weighted by molar-refractivity contribution is -0.322. The maximum Gasteiger partial charge on any atom is 0.201 e. The Bertz CT molecular complexity index is 1430. The molecule has 3 aliphatic rings. The lowest BCUT2D eigenvalue weighted by Crippen LogP contribution is -2.60. The summed E-state index contributed by atoms with van der Waals surface area (Å²) in [6.45, 7) is -1.34. The number of aliphatic hydroxyl groups excluding tert-OH is 7. The maximum atomic E-state index is 11.1. The molecule has 17 nitrogen and oxygen atoms in total. The number of hydrogen-bond acceptors (Lipinski definition) is 17. The number of hydrogen-bond donors (Lipinski definition) is 9. The van der Waals surface area contributed by atoms with Crippen LogP contribution < -0.4 is 18.9 Å². The fraction of sp³-hybridized carbons (Fsp3) is 0.636. The van der Waals surface area contributed by atoms with Gasteiger partial charge < -0.3 is 83.9 Å². The van der Waals surface area contributed by atoms with E-state index in [2.05, 4.69) is 0 Å². The van der Waals surface area contributed by atoms with Crippen molar-refractivity contribution in [3.63, 3.8) is 0 Å². The summed E-state index contributed by atoms with van der Waals surface area (Å²) >= 11 is 0. The van der Waals surface area contributed by atoms with Gasteiger partial charge in [-0.25, -0.2) is 0 Å². The van der Waals surface area contributed by atoms with Gasteiger partial charge in [0.1, 0.15) is 42.7 Å². The quantitative estimate of drug-likeness (QED) is 0.119. The first kappa shape index (κ1) is 38.0. The smallest absolute Gasteiger partial charge is 0.201 e. The molecule has 2 aromatic rings. The zero-order valence-corrected chi connectivity index (χ0v) is 28.0. The van der Waals surface area contributed by atoms with E-state index in [1.807, 2.05) is 0 Å². The Morgan fingerprint density at radius 2 is 1.30 bits per heavy atom. The molecule has 2 fully saturated rings. The molecule has 5 rings (SSSR count). The van der Waals surface area contributed by atoms with Crippen molar-refractivity contribution >= 4 is 0 Å². The Labute approximate surface area is 287 Å². The van der Waals surface area contributed by atoms with Crippen LogP contribution in [0, 0.1) is 11.8 Å². The van der Waals surface area contributed by atoms with Crippen LogP contribution in [0.3, 0.4) is 0 Å². The van der Waals surface area contributed by atoms with Gasteiger partial charge in [-0.05, 0) is 47.6 Å². The van der Waals surface area contributed by atoms with E-state index in [1.54, 1.807) is 18.2 Å². The number of benzene rings is 2. The molecule has 0 unspecified atom stereocenters. The molecule has 0 radical (unpaired) electrons. The van der Waals surface area contributed by atoms with Crippen LogP contribution in [0.25, 0.3) is 0 Å². The molecule has 50 heavy (non-hydrogen) atoms. The second kappa shape index (κ2) is 16.0. The SMILES string of the molecule is COc1cc([C@H]2c3c(cc(OC)c(O)c3OC)C[C@@H](CO)[C@@H]2CO[C@@H]2O[C@H](CO[C@@H]3OC[C@@H](O)[C@H](O)[C@H]3O)[C@@H](O)[C@H](O)[C@H]2O)cc(OC)c1O. The van der Waals surface area contributed by atoms with Gasteiger partial charge in [-0.1, -0.05) is 0 Å². The molecule has 0 aromatic heterocycles. The van der Waals surface area contributed by atoms with Gasteiger partial charge in [-0.2, -0.15) is 0 Å². The topological polar surface area (TPSA) is 256 Å². The molecule has 9 N–H and O–H groups in total. The van der Waals surface area contributed by atoms with Crippen LogP contribution in [0.5, 0.6) is 34.5 Å². The Kier molecular flexibility index (Phi) is 12.2. The van der Waals surface area contributed by atoms with Crippen LogP contribution in [-0.4, -0.2) is 156 Å². The molecule has 280 valence electrons. The number of ether oxygens (including phenoxy) is 8. The van der Waals surface area contributed by atoms with Gasteiger partial charge in [0, 0.05) is 18.1 Å². The van der Waals surface area contributed by atoms with Crippen LogP contribution in [-0.2, 0) is 25.4 Å².